The number of benzene rings is 4. The Hall–Kier alpha value is -6.96. The van der Waals surface area contributed by atoms with E-state index in [0.29, 0.717) is 13.1 Å². The summed E-state index contributed by atoms with van der Waals surface area (Å²) in [6.45, 7) is 10.7. The van der Waals surface area contributed by atoms with Crippen LogP contribution in [0.2, 0.25) is 0 Å². The van der Waals surface area contributed by atoms with Crippen LogP contribution in [0.4, 0.5) is 9.59 Å². The molecule has 0 spiro atoms. The van der Waals surface area contributed by atoms with E-state index >= 15 is 0 Å². The molecule has 332 valence electrons. The Balaban J connectivity index is 0.938. The molecule has 0 unspecified atom stereocenters. The number of aromatic amines is 2. The lowest BCUT2D eigenvalue weighted by Gasteiger charge is -2.30. The maximum atomic E-state index is 14.2. The third-order valence-electron chi connectivity index (χ3n) is 12.1. The van der Waals surface area contributed by atoms with Gasteiger partial charge in [0.1, 0.15) is 23.7 Å². The Bertz CT molecular complexity index is 2630. The highest BCUT2D eigenvalue weighted by atomic mass is 16.5. The van der Waals surface area contributed by atoms with Gasteiger partial charge in [-0.15, -0.1) is 0 Å². The van der Waals surface area contributed by atoms with E-state index in [0.717, 1.165) is 87.3 Å². The number of hydrogen-bond acceptors (Lipinski definition) is 7. The van der Waals surface area contributed by atoms with Crippen molar-refractivity contribution in [2.24, 2.45) is 5.92 Å². The number of H-pyrrole nitrogens is 2. The summed E-state index contributed by atoms with van der Waals surface area (Å²) in [5.74, 6) is 1.03. The van der Waals surface area contributed by atoms with Gasteiger partial charge >= 0.3 is 12.1 Å². The van der Waals surface area contributed by atoms with Gasteiger partial charge in [0.25, 0.3) is 0 Å². The molecule has 4 heterocycles. The highest BCUT2D eigenvalue weighted by molar-refractivity contribution is 5.91. The van der Waals surface area contributed by atoms with Crippen LogP contribution in [-0.2, 0) is 14.3 Å². The van der Waals surface area contributed by atoms with Crippen molar-refractivity contribution >= 4 is 34.7 Å². The van der Waals surface area contributed by atoms with Gasteiger partial charge in [0.2, 0.25) is 11.8 Å². The summed E-state index contributed by atoms with van der Waals surface area (Å²) in [6, 6.07) is 28.1. The number of aromatic nitrogens is 4. The van der Waals surface area contributed by atoms with Crippen LogP contribution in [0.15, 0.2) is 103 Å². The number of imidazole rings is 2. The Morgan fingerprint density at radius 3 is 1.80 bits per heavy atom. The van der Waals surface area contributed by atoms with E-state index in [9.17, 15) is 19.2 Å². The zero-order valence-electron chi connectivity index (χ0n) is 37.3. The molecule has 8 rings (SSSR count). The summed E-state index contributed by atoms with van der Waals surface area (Å²) in [6.07, 6.45) is 6.24. The zero-order chi connectivity index (χ0) is 45.1. The summed E-state index contributed by atoms with van der Waals surface area (Å²) in [4.78, 5) is 72.9. The van der Waals surface area contributed by atoms with Crippen LogP contribution in [-0.4, -0.2) is 85.5 Å². The van der Waals surface area contributed by atoms with Crippen molar-refractivity contribution in [1.29, 1.82) is 0 Å². The van der Waals surface area contributed by atoms with Crippen molar-refractivity contribution in [1.82, 2.24) is 45.7 Å². The van der Waals surface area contributed by atoms with Crippen LogP contribution < -0.4 is 16.0 Å². The van der Waals surface area contributed by atoms with Crippen molar-refractivity contribution < 1.29 is 23.9 Å². The molecule has 14 nitrogen and oxygen atoms in total. The first-order chi connectivity index (χ1) is 30.8. The van der Waals surface area contributed by atoms with Gasteiger partial charge in [-0.2, -0.15) is 0 Å². The average molecular weight is 864 g/mol. The molecule has 64 heavy (non-hydrogen) atoms. The number of rotatable bonds is 11. The van der Waals surface area contributed by atoms with Gasteiger partial charge in [0.05, 0.1) is 43.0 Å². The molecule has 2 saturated heterocycles. The van der Waals surface area contributed by atoms with Crippen molar-refractivity contribution in [3.63, 3.8) is 0 Å². The van der Waals surface area contributed by atoms with Crippen LogP contribution in [0.5, 0.6) is 0 Å². The summed E-state index contributed by atoms with van der Waals surface area (Å²) in [5.41, 5.74) is 6.13. The molecule has 0 radical (unpaired) electrons. The molecule has 6 aromatic rings. The van der Waals surface area contributed by atoms with Crippen molar-refractivity contribution in [3.05, 3.63) is 121 Å². The van der Waals surface area contributed by atoms with Crippen molar-refractivity contribution in [2.45, 2.75) is 90.0 Å². The number of ether oxygens (including phenoxy) is 1. The van der Waals surface area contributed by atoms with Gasteiger partial charge in [-0.1, -0.05) is 92.7 Å². The van der Waals surface area contributed by atoms with E-state index in [4.69, 9.17) is 14.7 Å². The molecule has 5 N–H and O–H groups in total. The number of carbonyl (C=O) groups is 4. The van der Waals surface area contributed by atoms with Gasteiger partial charge in [-0.3, -0.25) is 9.59 Å². The Morgan fingerprint density at radius 2 is 1.22 bits per heavy atom. The molecule has 2 fully saturated rings. The molecule has 0 bridgehead atoms. The first-order valence-electron chi connectivity index (χ1n) is 22.1. The number of urea groups is 1. The number of fused-ring (bicyclic) bond motifs is 1. The predicted octanol–water partition coefficient (Wildman–Crippen LogP) is 8.83. The van der Waals surface area contributed by atoms with E-state index < -0.39 is 29.7 Å². The molecule has 0 aliphatic carbocycles. The van der Waals surface area contributed by atoms with E-state index in [-0.39, 0.29) is 29.8 Å². The summed E-state index contributed by atoms with van der Waals surface area (Å²) >= 11 is 0. The number of nitrogens with zero attached hydrogens (tertiary/aromatic N) is 4. The molecule has 2 aromatic heterocycles. The van der Waals surface area contributed by atoms with Crippen LogP contribution in [0, 0.1) is 5.92 Å². The third kappa shape index (κ3) is 9.51. The lowest BCUT2D eigenvalue weighted by Crippen LogP contribution is -2.51. The minimum Gasteiger partial charge on any atom is -0.453 e. The van der Waals surface area contributed by atoms with E-state index in [2.05, 4.69) is 86.6 Å². The highest BCUT2D eigenvalue weighted by Crippen LogP contribution is 2.36. The Labute approximate surface area is 373 Å². The number of likely N-dealkylation sites (tertiary alicyclic amines) is 2. The molecule has 14 heteroatoms. The van der Waals surface area contributed by atoms with Crippen LogP contribution in [0.1, 0.15) is 95.6 Å². The SMILES string of the molecule is COC(=O)N[C@H](C(=O)N1CCC[C@H]1c1ncc(-c2ccc3cc(-c4ccc(-c5cnc([C@@H]6CCCN6C(=O)[C@H](NC(=O)NC(C)(C)C)c6ccccc6)[nH]5)cc4)ccc3c2)[nH]1)C(C)C. The van der Waals surface area contributed by atoms with Gasteiger partial charge < -0.3 is 40.5 Å². The second kappa shape index (κ2) is 18.4. The predicted molar refractivity (Wildman–Crippen MR) is 247 cm³/mol. The topological polar surface area (TPSA) is 177 Å². The standard InChI is InChI=1S/C50H57N9O5/c1-30(2)42(56-49(63)64-6)46(60)58-24-10-14-40(58)45-52-29-39(54-45)37-23-22-35-26-34(20-21-36(35)27-37)31-16-18-32(19-17-31)38-28-51-44(53-38)41-15-11-25-59(41)47(61)43(33-12-8-7-9-13-33)55-48(62)57-50(3,4)5/h7-9,12-13,16-23,26-30,40-43H,10-11,14-15,24-25H2,1-6H3,(H,51,53)(H,52,54)(H,56,63)(H2,55,57,62)/t40-,41-,42-,43+/m0/s1. The summed E-state index contributed by atoms with van der Waals surface area (Å²) in [5, 5.41) is 10.7. The second-order valence-electron chi connectivity index (χ2n) is 18.1. The number of nitrogens with one attached hydrogen (secondary N) is 5. The molecular weight excluding hydrogens is 807 g/mol. The minimum atomic E-state index is -0.843. The number of methoxy groups -OCH3 is 1. The Morgan fingerprint density at radius 1 is 0.688 bits per heavy atom. The molecule has 5 amide bonds. The number of hydrogen-bond donors (Lipinski definition) is 5. The molecule has 2 aliphatic heterocycles. The normalized spacial score (nSPS) is 17.4. The van der Waals surface area contributed by atoms with Crippen molar-refractivity contribution in [3.8, 4) is 33.6 Å². The smallest absolute Gasteiger partial charge is 0.407 e. The molecule has 0 saturated carbocycles. The van der Waals surface area contributed by atoms with Crippen molar-refractivity contribution in [2.75, 3.05) is 20.2 Å². The number of amides is 5. The third-order valence-corrected chi connectivity index (χ3v) is 12.1. The maximum Gasteiger partial charge on any atom is 0.407 e. The van der Waals surface area contributed by atoms with E-state index in [1.54, 1.807) is 0 Å². The molecule has 4 atom stereocenters. The largest absolute Gasteiger partial charge is 0.453 e. The summed E-state index contributed by atoms with van der Waals surface area (Å²) < 4.78 is 4.78. The molecule has 2 aliphatic rings. The molecule has 4 aromatic carbocycles. The lowest BCUT2D eigenvalue weighted by atomic mass is 9.98. The van der Waals surface area contributed by atoms with E-state index in [1.807, 2.05) is 87.1 Å². The monoisotopic (exact) mass is 863 g/mol. The van der Waals surface area contributed by atoms with Gasteiger partial charge in [-0.25, -0.2) is 19.6 Å². The first-order valence-corrected chi connectivity index (χ1v) is 22.1. The van der Waals surface area contributed by atoms with Crippen LogP contribution in [0.25, 0.3) is 44.4 Å². The Kier molecular flexibility index (Phi) is 12.6. The van der Waals surface area contributed by atoms with Crippen LogP contribution >= 0.6 is 0 Å². The van der Waals surface area contributed by atoms with Gasteiger partial charge in [0, 0.05) is 24.2 Å². The number of alkyl carbamates (subject to hydrolysis) is 1. The minimum absolute atomic E-state index is 0.108. The maximum absolute atomic E-state index is 14.2. The zero-order valence-corrected chi connectivity index (χ0v) is 37.3. The number of carbonyl (C=O) groups excluding carboxylic acids is 4. The quantitative estimate of drug-likeness (QED) is 0.0864. The van der Waals surface area contributed by atoms with E-state index in [1.165, 1.54) is 7.11 Å². The fraction of sp³-hybridized carbons (Fsp3) is 0.360. The van der Waals surface area contributed by atoms with Gasteiger partial charge in [0.15, 0.2) is 0 Å². The second-order valence-corrected chi connectivity index (χ2v) is 18.1. The summed E-state index contributed by atoms with van der Waals surface area (Å²) in [7, 11) is 1.29. The van der Waals surface area contributed by atoms with Gasteiger partial charge in [-0.05, 0) is 97.5 Å². The van der Waals surface area contributed by atoms with Crippen LogP contribution in [0.3, 0.4) is 0 Å². The lowest BCUT2D eigenvalue weighted by molar-refractivity contribution is -0.135. The highest BCUT2D eigenvalue weighted by Gasteiger charge is 2.39. The first kappa shape index (κ1) is 43.7. The molecular formula is C50H57N9O5. The average Bonchev–Trinajstić information content (AvgIpc) is 4.13. The fourth-order valence-electron chi connectivity index (χ4n) is 8.85. The fourth-order valence-corrected chi connectivity index (χ4v) is 8.85.